The van der Waals surface area contributed by atoms with Crippen LogP contribution in [-0.4, -0.2) is 32.8 Å². The predicted octanol–water partition coefficient (Wildman–Crippen LogP) is 6.60. The number of carboxylic acid groups (broad SMARTS) is 1. The number of halogens is 2. The second-order valence-electron chi connectivity index (χ2n) is 10.6. The van der Waals surface area contributed by atoms with Crippen LogP contribution in [0.5, 0.6) is 5.75 Å². The Labute approximate surface area is 219 Å². The molecule has 1 unspecified atom stereocenters. The summed E-state index contributed by atoms with van der Waals surface area (Å²) in [5.41, 5.74) is 3.51. The molecule has 5 rings (SSSR count). The van der Waals surface area contributed by atoms with Gasteiger partial charge in [0.25, 0.3) is 0 Å². The van der Waals surface area contributed by atoms with E-state index >= 15 is 0 Å². The largest absolute Gasteiger partial charge is 0.493 e. The van der Waals surface area contributed by atoms with Gasteiger partial charge < -0.3 is 19.1 Å². The summed E-state index contributed by atoms with van der Waals surface area (Å²) in [5, 5.41) is 10.9. The van der Waals surface area contributed by atoms with Crippen LogP contribution in [0.4, 0.5) is 8.78 Å². The van der Waals surface area contributed by atoms with Crippen molar-refractivity contribution >= 4 is 17.0 Å². The SMILES string of the molecule is Cc1nc2c(ccn2Cc2cc(F)ccc2F)c(-c2ccc3c(c2)CCCO3)c1C(OC(C)(C)C)C(=O)O. The predicted molar refractivity (Wildman–Crippen MR) is 140 cm³/mol. The lowest BCUT2D eigenvalue weighted by Gasteiger charge is -2.28. The van der Waals surface area contributed by atoms with Gasteiger partial charge in [0.15, 0.2) is 6.10 Å². The summed E-state index contributed by atoms with van der Waals surface area (Å²) < 4.78 is 41.9. The van der Waals surface area contributed by atoms with Gasteiger partial charge in [0.1, 0.15) is 23.0 Å². The molecule has 0 saturated carbocycles. The highest BCUT2D eigenvalue weighted by Crippen LogP contribution is 2.41. The number of aromatic nitrogens is 2. The van der Waals surface area contributed by atoms with Crippen LogP contribution in [0.15, 0.2) is 48.7 Å². The van der Waals surface area contributed by atoms with Crippen LogP contribution in [0.2, 0.25) is 0 Å². The molecule has 0 radical (unpaired) electrons. The maximum absolute atomic E-state index is 14.5. The number of fused-ring (bicyclic) bond motifs is 2. The molecule has 0 bridgehead atoms. The fourth-order valence-electron chi connectivity index (χ4n) is 5.04. The molecular formula is C30H30F2N2O4. The highest BCUT2D eigenvalue weighted by Gasteiger charge is 2.33. The van der Waals surface area contributed by atoms with Crippen LogP contribution in [0.25, 0.3) is 22.2 Å². The van der Waals surface area contributed by atoms with Crippen molar-refractivity contribution in [1.82, 2.24) is 9.55 Å². The lowest BCUT2D eigenvalue weighted by molar-refractivity contribution is -0.160. The first-order chi connectivity index (χ1) is 18.0. The van der Waals surface area contributed by atoms with Crippen molar-refractivity contribution in [3.63, 3.8) is 0 Å². The van der Waals surface area contributed by atoms with Crippen molar-refractivity contribution in [1.29, 1.82) is 0 Å². The first kappa shape index (κ1) is 25.9. The van der Waals surface area contributed by atoms with Gasteiger partial charge in [-0.15, -0.1) is 0 Å². The van der Waals surface area contributed by atoms with E-state index in [0.29, 0.717) is 34.5 Å². The van der Waals surface area contributed by atoms with Crippen molar-refractivity contribution in [2.45, 2.75) is 58.8 Å². The summed E-state index contributed by atoms with van der Waals surface area (Å²) >= 11 is 0. The first-order valence-corrected chi connectivity index (χ1v) is 12.6. The maximum Gasteiger partial charge on any atom is 0.337 e. The lowest BCUT2D eigenvalue weighted by Crippen LogP contribution is -2.28. The molecule has 2 aromatic carbocycles. The van der Waals surface area contributed by atoms with Crippen LogP contribution >= 0.6 is 0 Å². The minimum atomic E-state index is -1.27. The number of pyridine rings is 1. The molecule has 0 saturated heterocycles. The van der Waals surface area contributed by atoms with Gasteiger partial charge >= 0.3 is 5.97 Å². The van der Waals surface area contributed by atoms with Gasteiger partial charge in [-0.2, -0.15) is 0 Å². The van der Waals surface area contributed by atoms with Gasteiger partial charge in [-0.25, -0.2) is 18.6 Å². The van der Waals surface area contributed by atoms with Crippen molar-refractivity contribution in [2.75, 3.05) is 6.61 Å². The first-order valence-electron chi connectivity index (χ1n) is 12.6. The van der Waals surface area contributed by atoms with Crippen molar-refractivity contribution in [2.24, 2.45) is 0 Å². The molecule has 1 atom stereocenters. The third kappa shape index (κ3) is 5.00. The third-order valence-corrected chi connectivity index (χ3v) is 6.64. The Hall–Kier alpha value is -3.78. The van der Waals surface area contributed by atoms with E-state index in [1.165, 1.54) is 6.07 Å². The fourth-order valence-corrected chi connectivity index (χ4v) is 5.04. The van der Waals surface area contributed by atoms with E-state index in [1.54, 1.807) is 17.7 Å². The van der Waals surface area contributed by atoms with Gasteiger partial charge in [-0.05, 0) is 88.1 Å². The van der Waals surface area contributed by atoms with E-state index in [0.717, 1.165) is 41.9 Å². The van der Waals surface area contributed by atoms with Crippen LogP contribution in [-0.2, 0) is 22.5 Å². The zero-order valence-electron chi connectivity index (χ0n) is 21.8. The summed E-state index contributed by atoms with van der Waals surface area (Å²) in [6.45, 7) is 7.91. The standard InChI is InChI=1S/C30H30F2N2O4/c1-17-25(27(29(35)36)38-30(2,3)4)26(19-7-10-24-18(14-19)6-5-13-37-24)22-11-12-34(28(22)33-17)16-20-15-21(31)8-9-23(20)32/h7-12,14-15,27H,5-6,13,16H2,1-4H3,(H,35,36). The molecule has 0 fully saturated rings. The van der Waals surface area contributed by atoms with Crippen LogP contribution in [0.1, 0.15) is 55.7 Å². The zero-order valence-corrected chi connectivity index (χ0v) is 21.8. The average Bonchev–Trinajstić information content (AvgIpc) is 3.25. The lowest BCUT2D eigenvalue weighted by atomic mass is 9.90. The normalized spacial score (nSPS) is 14.3. The Morgan fingerprint density at radius 3 is 2.71 bits per heavy atom. The highest BCUT2D eigenvalue weighted by atomic mass is 19.1. The monoisotopic (exact) mass is 520 g/mol. The Morgan fingerprint density at radius 2 is 1.97 bits per heavy atom. The van der Waals surface area contributed by atoms with Gasteiger partial charge in [0.05, 0.1) is 18.8 Å². The Balaban J connectivity index is 1.75. The molecule has 2 aromatic heterocycles. The second-order valence-corrected chi connectivity index (χ2v) is 10.6. The van der Waals surface area contributed by atoms with E-state index in [1.807, 2.05) is 45.0 Å². The minimum Gasteiger partial charge on any atom is -0.493 e. The number of nitrogens with zero attached hydrogens (tertiary/aromatic N) is 2. The number of carboxylic acids is 1. The van der Waals surface area contributed by atoms with E-state index in [4.69, 9.17) is 14.5 Å². The zero-order chi connectivity index (χ0) is 27.2. The minimum absolute atomic E-state index is 0.0667. The van der Waals surface area contributed by atoms with Crippen LogP contribution in [0, 0.1) is 18.6 Å². The van der Waals surface area contributed by atoms with Gasteiger partial charge in [0, 0.05) is 34.0 Å². The number of rotatable bonds is 6. The molecule has 1 aliphatic heterocycles. The molecule has 3 heterocycles. The van der Waals surface area contributed by atoms with Crippen LogP contribution < -0.4 is 4.74 Å². The summed E-state index contributed by atoms with van der Waals surface area (Å²) in [4.78, 5) is 17.3. The second kappa shape index (κ2) is 9.83. The Morgan fingerprint density at radius 1 is 1.18 bits per heavy atom. The van der Waals surface area contributed by atoms with Crippen molar-refractivity contribution in [3.8, 4) is 16.9 Å². The van der Waals surface area contributed by atoms with Gasteiger partial charge in [0.2, 0.25) is 0 Å². The fraction of sp³-hybridized carbons (Fsp3) is 0.333. The molecule has 198 valence electrons. The average molecular weight is 521 g/mol. The number of carbonyl (C=O) groups is 1. The van der Waals surface area contributed by atoms with E-state index in [9.17, 15) is 18.7 Å². The molecule has 8 heteroatoms. The van der Waals surface area contributed by atoms with Gasteiger partial charge in [-0.3, -0.25) is 0 Å². The molecule has 38 heavy (non-hydrogen) atoms. The van der Waals surface area contributed by atoms with E-state index in [2.05, 4.69) is 0 Å². The highest BCUT2D eigenvalue weighted by molar-refractivity contribution is 5.98. The summed E-state index contributed by atoms with van der Waals surface area (Å²) in [5.74, 6) is -1.33. The molecule has 1 aliphatic rings. The molecule has 0 spiro atoms. The Kier molecular flexibility index (Phi) is 6.69. The molecule has 1 N–H and O–H groups in total. The maximum atomic E-state index is 14.5. The number of hydrogen-bond donors (Lipinski definition) is 1. The Bertz CT molecular complexity index is 1540. The number of hydrogen-bond acceptors (Lipinski definition) is 4. The summed E-state index contributed by atoms with van der Waals surface area (Å²) in [6, 6.07) is 11.1. The smallest absolute Gasteiger partial charge is 0.337 e. The molecule has 0 amide bonds. The topological polar surface area (TPSA) is 73.6 Å². The van der Waals surface area contributed by atoms with E-state index in [-0.39, 0.29) is 12.1 Å². The number of aliphatic carboxylic acids is 1. The number of benzene rings is 2. The van der Waals surface area contributed by atoms with Crippen molar-refractivity contribution < 1.29 is 28.2 Å². The molecule has 6 nitrogen and oxygen atoms in total. The molecule has 0 aliphatic carbocycles. The summed E-state index contributed by atoms with van der Waals surface area (Å²) in [7, 11) is 0. The van der Waals surface area contributed by atoms with Crippen molar-refractivity contribution in [3.05, 3.63) is 82.7 Å². The summed E-state index contributed by atoms with van der Waals surface area (Å²) in [6.07, 6.45) is 2.25. The quantitative estimate of drug-likeness (QED) is 0.310. The van der Waals surface area contributed by atoms with Crippen LogP contribution in [0.3, 0.4) is 0 Å². The molecular weight excluding hydrogens is 490 g/mol. The van der Waals surface area contributed by atoms with E-state index < -0.39 is 29.3 Å². The third-order valence-electron chi connectivity index (χ3n) is 6.64. The number of ether oxygens (including phenoxy) is 2. The molecule has 4 aromatic rings. The van der Waals surface area contributed by atoms with Gasteiger partial charge in [-0.1, -0.05) is 6.07 Å². The number of aryl methyl sites for hydroxylation is 2.